The highest BCUT2D eigenvalue weighted by Gasteiger charge is 2.21. The normalized spacial score (nSPS) is 13.4. The summed E-state index contributed by atoms with van der Waals surface area (Å²) in [6, 6.07) is 0. The van der Waals surface area contributed by atoms with Crippen LogP contribution >= 0.6 is 0 Å². The van der Waals surface area contributed by atoms with Crippen LogP contribution in [0, 0.1) is 11.8 Å². The number of amides is 1. The minimum Gasteiger partial charge on any atom is -0.480 e. The molecule has 0 aliphatic carbocycles. The second-order valence-corrected chi connectivity index (χ2v) is 7.48. The third kappa shape index (κ3) is 12.3. The number of carbonyl (C=O) groups excluding carboxylic acids is 1. The molecule has 0 heterocycles. The van der Waals surface area contributed by atoms with E-state index >= 15 is 0 Å². The molecule has 0 radical (unpaired) electrons. The molecule has 0 fully saturated rings. The Hall–Kier alpha value is -1.10. The number of rotatable bonds is 17. The lowest BCUT2D eigenvalue weighted by atomic mass is 9.95. The highest BCUT2D eigenvalue weighted by Crippen LogP contribution is 2.19. The molecule has 0 bridgehead atoms. The van der Waals surface area contributed by atoms with Gasteiger partial charge in [-0.25, -0.2) is 0 Å². The van der Waals surface area contributed by atoms with E-state index in [1.807, 2.05) is 4.90 Å². The number of nitrogens with one attached hydrogen (secondary N) is 1. The zero-order chi connectivity index (χ0) is 19.8. The van der Waals surface area contributed by atoms with Crippen molar-refractivity contribution < 1.29 is 14.7 Å². The van der Waals surface area contributed by atoms with Crippen molar-refractivity contribution in [3.63, 3.8) is 0 Å². The Kier molecular flexibility index (Phi) is 15.4. The quantitative estimate of drug-likeness (QED) is 0.374. The van der Waals surface area contributed by atoms with Gasteiger partial charge in [-0.05, 0) is 24.7 Å². The van der Waals surface area contributed by atoms with Gasteiger partial charge in [-0.3, -0.25) is 14.9 Å². The van der Waals surface area contributed by atoms with Gasteiger partial charge in [0.15, 0.2) is 0 Å². The van der Waals surface area contributed by atoms with E-state index < -0.39 is 5.97 Å². The number of carbonyl (C=O) groups is 2. The van der Waals surface area contributed by atoms with Gasteiger partial charge in [-0.1, -0.05) is 72.6 Å². The van der Waals surface area contributed by atoms with Gasteiger partial charge >= 0.3 is 5.97 Å². The summed E-state index contributed by atoms with van der Waals surface area (Å²) >= 11 is 0. The Morgan fingerprint density at radius 3 is 1.85 bits per heavy atom. The Morgan fingerprint density at radius 2 is 1.38 bits per heavy atom. The van der Waals surface area contributed by atoms with Crippen molar-refractivity contribution in [2.45, 2.75) is 85.5 Å². The maximum Gasteiger partial charge on any atom is 0.317 e. The van der Waals surface area contributed by atoms with E-state index in [9.17, 15) is 9.59 Å². The van der Waals surface area contributed by atoms with Crippen molar-refractivity contribution in [3.05, 3.63) is 0 Å². The number of carboxylic acids is 1. The van der Waals surface area contributed by atoms with E-state index in [-0.39, 0.29) is 19.0 Å². The van der Waals surface area contributed by atoms with Crippen molar-refractivity contribution >= 4 is 11.9 Å². The standard InChI is InChI=1S/C21H42N2O3/c1-5-9-11-13-19(8-4)17-23(16-18(7-3)12-10-6-2)20(24)14-22-15-21(25)26/h18-19,22H,5-17H2,1-4H3,(H,25,26). The SMILES string of the molecule is CCCCCC(CC)CN(CC(CC)CCCC)C(=O)CNCC(=O)O. The van der Waals surface area contributed by atoms with E-state index in [4.69, 9.17) is 5.11 Å². The maximum atomic E-state index is 12.7. The van der Waals surface area contributed by atoms with Crippen LogP contribution < -0.4 is 5.32 Å². The van der Waals surface area contributed by atoms with Gasteiger partial charge in [-0.15, -0.1) is 0 Å². The first-order valence-electron chi connectivity index (χ1n) is 10.7. The second kappa shape index (κ2) is 16.1. The number of hydrogen-bond donors (Lipinski definition) is 2. The molecule has 0 aromatic heterocycles. The summed E-state index contributed by atoms with van der Waals surface area (Å²) < 4.78 is 0. The van der Waals surface area contributed by atoms with Gasteiger partial charge in [0, 0.05) is 13.1 Å². The molecular formula is C21H42N2O3. The molecule has 2 atom stereocenters. The number of hydrogen-bond acceptors (Lipinski definition) is 3. The van der Waals surface area contributed by atoms with Gasteiger partial charge in [0.25, 0.3) is 0 Å². The van der Waals surface area contributed by atoms with Crippen LogP contribution in [0.15, 0.2) is 0 Å². The first-order chi connectivity index (χ1) is 12.5. The smallest absolute Gasteiger partial charge is 0.317 e. The summed E-state index contributed by atoms with van der Waals surface area (Å²) in [5, 5.41) is 11.5. The molecular weight excluding hydrogens is 328 g/mol. The molecule has 26 heavy (non-hydrogen) atoms. The molecule has 154 valence electrons. The number of aliphatic carboxylic acids is 1. The molecule has 2 N–H and O–H groups in total. The molecule has 5 nitrogen and oxygen atoms in total. The Morgan fingerprint density at radius 1 is 0.846 bits per heavy atom. The highest BCUT2D eigenvalue weighted by atomic mass is 16.4. The summed E-state index contributed by atoms with van der Waals surface area (Å²) in [4.78, 5) is 25.4. The topological polar surface area (TPSA) is 69.6 Å². The lowest BCUT2D eigenvalue weighted by Crippen LogP contribution is -2.44. The van der Waals surface area contributed by atoms with E-state index in [1.54, 1.807) is 0 Å². The van der Waals surface area contributed by atoms with Crippen molar-refractivity contribution in [1.29, 1.82) is 0 Å². The summed E-state index contributed by atoms with van der Waals surface area (Å²) in [6.07, 6.45) is 10.6. The van der Waals surface area contributed by atoms with E-state index in [0.29, 0.717) is 11.8 Å². The largest absolute Gasteiger partial charge is 0.480 e. The summed E-state index contributed by atoms with van der Waals surface area (Å²) in [7, 11) is 0. The third-order valence-electron chi connectivity index (χ3n) is 5.20. The molecule has 0 aromatic rings. The van der Waals surface area contributed by atoms with Crippen LogP contribution in [0.2, 0.25) is 0 Å². The van der Waals surface area contributed by atoms with E-state index in [0.717, 1.165) is 32.4 Å². The van der Waals surface area contributed by atoms with Crippen LogP contribution in [0.5, 0.6) is 0 Å². The van der Waals surface area contributed by atoms with Gasteiger partial charge in [-0.2, -0.15) is 0 Å². The molecule has 0 aromatic carbocycles. The van der Waals surface area contributed by atoms with Crippen molar-refractivity contribution in [2.24, 2.45) is 11.8 Å². The van der Waals surface area contributed by atoms with Crippen LogP contribution in [-0.2, 0) is 9.59 Å². The van der Waals surface area contributed by atoms with Gasteiger partial charge in [0.1, 0.15) is 0 Å². The minimum atomic E-state index is -0.926. The Bertz CT molecular complexity index is 374. The van der Waals surface area contributed by atoms with Gasteiger partial charge in [0.05, 0.1) is 13.1 Å². The highest BCUT2D eigenvalue weighted by molar-refractivity contribution is 5.79. The van der Waals surface area contributed by atoms with Crippen LogP contribution in [0.25, 0.3) is 0 Å². The second-order valence-electron chi connectivity index (χ2n) is 7.48. The molecule has 0 aliphatic rings. The average Bonchev–Trinajstić information content (AvgIpc) is 2.62. The van der Waals surface area contributed by atoms with Crippen molar-refractivity contribution in [1.82, 2.24) is 10.2 Å². The predicted molar refractivity (Wildman–Crippen MR) is 108 cm³/mol. The first-order valence-corrected chi connectivity index (χ1v) is 10.7. The monoisotopic (exact) mass is 370 g/mol. The number of carboxylic acid groups (broad SMARTS) is 1. The zero-order valence-electron chi connectivity index (χ0n) is 17.6. The first kappa shape index (κ1) is 24.9. The Labute approximate surface area is 160 Å². The summed E-state index contributed by atoms with van der Waals surface area (Å²) in [5.74, 6) is 0.181. The fourth-order valence-electron chi connectivity index (χ4n) is 3.31. The molecule has 5 heteroatoms. The zero-order valence-corrected chi connectivity index (χ0v) is 17.6. The number of unbranched alkanes of at least 4 members (excludes halogenated alkanes) is 3. The van der Waals surface area contributed by atoms with Crippen molar-refractivity contribution in [3.8, 4) is 0 Å². The van der Waals surface area contributed by atoms with Gasteiger partial charge in [0.2, 0.25) is 5.91 Å². The fraction of sp³-hybridized carbons (Fsp3) is 0.905. The molecule has 0 spiro atoms. The van der Waals surface area contributed by atoms with Crippen LogP contribution in [0.4, 0.5) is 0 Å². The Balaban J connectivity index is 4.81. The average molecular weight is 371 g/mol. The molecule has 1 amide bonds. The van der Waals surface area contributed by atoms with Crippen LogP contribution in [0.3, 0.4) is 0 Å². The molecule has 0 rings (SSSR count). The molecule has 0 aliphatic heterocycles. The third-order valence-corrected chi connectivity index (χ3v) is 5.20. The lowest BCUT2D eigenvalue weighted by Gasteiger charge is -2.31. The molecule has 0 saturated heterocycles. The van der Waals surface area contributed by atoms with E-state index in [2.05, 4.69) is 33.0 Å². The van der Waals surface area contributed by atoms with Crippen LogP contribution in [-0.4, -0.2) is 48.1 Å². The summed E-state index contributed by atoms with van der Waals surface area (Å²) in [6.45, 7) is 10.4. The minimum absolute atomic E-state index is 0.0372. The van der Waals surface area contributed by atoms with Gasteiger partial charge < -0.3 is 10.0 Å². The maximum absolute atomic E-state index is 12.7. The lowest BCUT2D eigenvalue weighted by molar-refractivity contribution is -0.136. The fourth-order valence-corrected chi connectivity index (χ4v) is 3.31. The van der Waals surface area contributed by atoms with Crippen LogP contribution in [0.1, 0.15) is 85.5 Å². The predicted octanol–water partition coefficient (Wildman–Crippen LogP) is 4.31. The van der Waals surface area contributed by atoms with Crippen molar-refractivity contribution in [2.75, 3.05) is 26.2 Å². The summed E-state index contributed by atoms with van der Waals surface area (Å²) in [5.41, 5.74) is 0. The van der Waals surface area contributed by atoms with E-state index in [1.165, 1.54) is 38.5 Å². The molecule has 0 saturated carbocycles. The number of nitrogens with zero attached hydrogens (tertiary/aromatic N) is 1. The molecule has 2 unspecified atom stereocenters.